The van der Waals surface area contributed by atoms with Gasteiger partial charge < -0.3 is 26.9 Å². The Kier molecular flexibility index (Phi) is 5.70. The fourth-order valence-electron chi connectivity index (χ4n) is 2.49. The van der Waals surface area contributed by atoms with Crippen LogP contribution in [0.5, 0.6) is 0 Å². The number of carboxylic acids is 1. The molecule has 0 unspecified atom stereocenters. The highest BCUT2D eigenvalue weighted by Gasteiger charge is 2.12. The number of benzene rings is 1. The largest absolute Gasteiger partial charge is 0.478 e. The van der Waals surface area contributed by atoms with E-state index in [0.717, 1.165) is 28.0 Å². The van der Waals surface area contributed by atoms with Gasteiger partial charge in [-0.3, -0.25) is 0 Å². The summed E-state index contributed by atoms with van der Waals surface area (Å²) in [5.74, 6) is -0.932. The van der Waals surface area contributed by atoms with E-state index in [1.807, 2.05) is 36.4 Å². The van der Waals surface area contributed by atoms with E-state index in [2.05, 4.69) is 15.3 Å². The third kappa shape index (κ3) is 4.43. The average Bonchev–Trinajstić information content (AvgIpc) is 3.32. The number of carbonyl (C=O) groups is 1. The molecule has 0 aliphatic heterocycles. The van der Waals surface area contributed by atoms with E-state index in [4.69, 9.17) is 16.6 Å². The molecule has 1 aromatic carbocycles. The van der Waals surface area contributed by atoms with Crippen LogP contribution in [0.4, 0.5) is 16.4 Å². The second-order valence-electron chi connectivity index (χ2n) is 5.64. The molecule has 0 spiro atoms. The fraction of sp³-hybridized carbons (Fsp3) is 0.0526. The van der Waals surface area contributed by atoms with Crippen LogP contribution in [0.2, 0.25) is 0 Å². The Hall–Kier alpha value is -3.36. The Bertz CT molecular complexity index is 1060. The number of pyridine rings is 1. The number of thiophene rings is 1. The highest BCUT2D eigenvalue weighted by molar-refractivity contribution is 7.14. The average molecular weight is 381 g/mol. The first-order valence-electron chi connectivity index (χ1n) is 8.13. The molecule has 0 aliphatic carbocycles. The van der Waals surface area contributed by atoms with Crippen molar-refractivity contribution in [1.82, 2.24) is 9.97 Å². The molecule has 0 radical (unpaired) electrons. The maximum atomic E-state index is 11.0. The van der Waals surface area contributed by atoms with Crippen molar-refractivity contribution in [3.05, 3.63) is 71.4 Å². The Morgan fingerprint density at radius 3 is 2.81 bits per heavy atom. The van der Waals surface area contributed by atoms with Crippen molar-refractivity contribution >= 4 is 44.7 Å². The molecule has 27 heavy (non-hydrogen) atoms. The van der Waals surface area contributed by atoms with Gasteiger partial charge in [0.15, 0.2) is 0 Å². The van der Waals surface area contributed by atoms with Crippen LogP contribution in [0.15, 0.2) is 60.2 Å². The van der Waals surface area contributed by atoms with Crippen LogP contribution < -0.4 is 16.8 Å². The number of nitrogens with one attached hydrogen (secondary N) is 2. The number of hydrogen-bond donors (Lipinski definition) is 5. The monoisotopic (exact) mass is 381 g/mol. The minimum Gasteiger partial charge on any atom is -0.478 e. The van der Waals surface area contributed by atoms with Crippen molar-refractivity contribution in [1.29, 1.82) is 0 Å². The predicted molar refractivity (Wildman–Crippen MR) is 109 cm³/mol. The smallest absolute Gasteiger partial charge is 0.338 e. The quantitative estimate of drug-likeness (QED) is 0.342. The van der Waals surface area contributed by atoms with E-state index in [-0.39, 0.29) is 5.56 Å². The second-order valence-corrected chi connectivity index (χ2v) is 6.56. The molecule has 0 bridgehead atoms. The molecule has 0 saturated carbocycles. The summed E-state index contributed by atoms with van der Waals surface area (Å²) >= 11 is 1.36. The van der Waals surface area contributed by atoms with Crippen LogP contribution in [0.3, 0.4) is 0 Å². The van der Waals surface area contributed by atoms with Gasteiger partial charge in [0.25, 0.3) is 0 Å². The van der Waals surface area contributed by atoms with Crippen LogP contribution in [0, 0.1) is 0 Å². The minimum absolute atomic E-state index is 0.278. The summed E-state index contributed by atoms with van der Waals surface area (Å²) in [7, 11) is 0. The molecule has 0 saturated heterocycles. The van der Waals surface area contributed by atoms with Gasteiger partial charge in [-0.15, -0.1) is 11.3 Å². The number of carboxylic acid groups (broad SMARTS) is 1. The molecular weight excluding hydrogens is 362 g/mol. The van der Waals surface area contributed by atoms with Crippen LogP contribution in [-0.2, 0) is 6.54 Å². The zero-order valence-electron chi connectivity index (χ0n) is 14.3. The number of aromatic amines is 1. The van der Waals surface area contributed by atoms with Crippen LogP contribution in [0.25, 0.3) is 11.0 Å². The number of nitrogens with two attached hydrogens (primary N) is 2. The van der Waals surface area contributed by atoms with Gasteiger partial charge in [0.1, 0.15) is 10.6 Å². The summed E-state index contributed by atoms with van der Waals surface area (Å²) < 4.78 is 0. The number of nitrogens with zero attached hydrogens (tertiary/aromatic N) is 1. The molecule has 0 fully saturated rings. The molecule has 8 heteroatoms. The number of rotatable bonds is 4. The van der Waals surface area contributed by atoms with E-state index in [0.29, 0.717) is 11.5 Å². The number of aromatic carboxylic acids is 1. The lowest BCUT2D eigenvalue weighted by atomic mass is 10.2. The third-order valence-corrected chi connectivity index (χ3v) is 4.62. The number of H-pyrrole nitrogens is 1. The standard InChI is InChI=1S/C12H9N3O2S.C7H10N2/c16-12(17)8-3-6-18-11(8)15-9-2-5-14-10-7(9)1-4-13-10;8-5-6-2-1-3-7(9)4-6/h1-6H,(H,16,17)(H2,13,14,15);1-4H,5,8-9H2. The van der Waals surface area contributed by atoms with Gasteiger partial charge in [0.2, 0.25) is 0 Å². The second kappa shape index (κ2) is 8.35. The first-order chi connectivity index (χ1) is 13.1. The Morgan fingerprint density at radius 2 is 2.11 bits per heavy atom. The van der Waals surface area contributed by atoms with Gasteiger partial charge >= 0.3 is 5.97 Å². The van der Waals surface area contributed by atoms with Crippen molar-refractivity contribution in [3.63, 3.8) is 0 Å². The van der Waals surface area contributed by atoms with Crippen molar-refractivity contribution in [2.45, 2.75) is 6.54 Å². The fourth-order valence-corrected chi connectivity index (χ4v) is 3.28. The first kappa shape index (κ1) is 18.4. The van der Waals surface area contributed by atoms with Crippen molar-refractivity contribution in [3.8, 4) is 0 Å². The summed E-state index contributed by atoms with van der Waals surface area (Å²) in [6.45, 7) is 0.561. The highest BCUT2D eigenvalue weighted by Crippen LogP contribution is 2.30. The molecule has 7 nitrogen and oxygen atoms in total. The summed E-state index contributed by atoms with van der Waals surface area (Å²) in [5.41, 5.74) is 14.6. The molecule has 4 aromatic rings. The van der Waals surface area contributed by atoms with Crippen LogP contribution in [0.1, 0.15) is 15.9 Å². The van der Waals surface area contributed by atoms with Crippen LogP contribution >= 0.6 is 11.3 Å². The number of nitrogen functional groups attached to an aromatic ring is 1. The predicted octanol–water partition coefficient (Wildman–Crippen LogP) is 3.79. The number of anilines is 3. The zero-order chi connectivity index (χ0) is 19.2. The highest BCUT2D eigenvalue weighted by atomic mass is 32.1. The van der Waals surface area contributed by atoms with E-state index >= 15 is 0 Å². The lowest BCUT2D eigenvalue weighted by Crippen LogP contribution is -1.99. The van der Waals surface area contributed by atoms with E-state index < -0.39 is 5.97 Å². The molecule has 0 amide bonds. The number of fused-ring (bicyclic) bond motifs is 1. The number of hydrogen-bond acceptors (Lipinski definition) is 6. The van der Waals surface area contributed by atoms with E-state index in [1.165, 1.54) is 11.3 Å². The van der Waals surface area contributed by atoms with Gasteiger partial charge in [-0.05, 0) is 41.3 Å². The molecule has 0 aliphatic rings. The molecule has 0 atom stereocenters. The normalized spacial score (nSPS) is 10.3. The SMILES string of the molecule is NCc1cccc(N)c1.O=C(O)c1ccsc1Nc1ccnc2[nH]ccc12. The topological polar surface area (TPSA) is 130 Å². The Balaban J connectivity index is 0.000000197. The molecule has 3 aromatic heterocycles. The number of aromatic nitrogens is 2. The van der Waals surface area contributed by atoms with Crippen molar-refractivity contribution in [2.24, 2.45) is 5.73 Å². The Morgan fingerprint density at radius 1 is 1.26 bits per heavy atom. The minimum atomic E-state index is -0.932. The summed E-state index contributed by atoms with van der Waals surface area (Å²) in [6.07, 6.45) is 3.48. The molecule has 138 valence electrons. The maximum absolute atomic E-state index is 11.0. The van der Waals surface area contributed by atoms with Crippen molar-refractivity contribution < 1.29 is 9.90 Å². The van der Waals surface area contributed by atoms with E-state index in [9.17, 15) is 4.79 Å². The molecule has 3 heterocycles. The molecule has 7 N–H and O–H groups in total. The lowest BCUT2D eigenvalue weighted by Gasteiger charge is -2.06. The third-order valence-electron chi connectivity index (χ3n) is 3.79. The maximum Gasteiger partial charge on any atom is 0.338 e. The molecular formula is C19H19N5O2S. The lowest BCUT2D eigenvalue weighted by molar-refractivity contribution is 0.0698. The Labute approximate surface area is 159 Å². The molecule has 4 rings (SSSR count). The summed E-state index contributed by atoms with van der Waals surface area (Å²) in [6, 6.07) is 12.9. The van der Waals surface area contributed by atoms with Gasteiger partial charge in [-0.25, -0.2) is 9.78 Å². The van der Waals surface area contributed by atoms with Crippen molar-refractivity contribution in [2.75, 3.05) is 11.1 Å². The van der Waals surface area contributed by atoms with Gasteiger partial charge in [0.05, 0.1) is 11.3 Å². The van der Waals surface area contributed by atoms with Crippen LogP contribution in [-0.4, -0.2) is 21.0 Å². The first-order valence-corrected chi connectivity index (χ1v) is 9.01. The van der Waals surface area contributed by atoms with Gasteiger partial charge in [-0.2, -0.15) is 0 Å². The summed E-state index contributed by atoms with van der Waals surface area (Å²) in [4.78, 5) is 18.2. The zero-order valence-corrected chi connectivity index (χ0v) is 15.2. The van der Waals surface area contributed by atoms with Gasteiger partial charge in [0, 0.05) is 30.0 Å². The summed E-state index contributed by atoms with van der Waals surface area (Å²) in [5, 5.41) is 15.5. The van der Waals surface area contributed by atoms with E-state index in [1.54, 1.807) is 23.8 Å². The van der Waals surface area contributed by atoms with Gasteiger partial charge in [-0.1, -0.05) is 12.1 Å².